The maximum atomic E-state index is 11.0. The van der Waals surface area contributed by atoms with Crippen molar-refractivity contribution in [2.24, 2.45) is 0 Å². The van der Waals surface area contributed by atoms with Crippen molar-refractivity contribution in [2.45, 2.75) is 6.04 Å². The Labute approximate surface area is 255 Å². The van der Waals surface area contributed by atoms with Gasteiger partial charge >= 0.3 is 0 Å². The molecule has 4 aromatic carbocycles. The summed E-state index contributed by atoms with van der Waals surface area (Å²) in [5.74, 6) is 3.09. The number of ether oxygens (including phenoxy) is 6. The second-order valence-corrected chi connectivity index (χ2v) is 9.86. The summed E-state index contributed by atoms with van der Waals surface area (Å²) in [5.41, 5.74) is 6.12. The normalized spacial score (nSPS) is 14.0. The molecule has 4 aromatic rings. The van der Waals surface area contributed by atoms with Crippen molar-refractivity contribution in [3.63, 3.8) is 0 Å². The summed E-state index contributed by atoms with van der Waals surface area (Å²) in [5, 5.41) is 18.4. The average molecular weight is 604 g/mol. The molecule has 1 heterocycles. The Kier molecular flexibility index (Phi) is 8.53. The predicted octanol–water partition coefficient (Wildman–Crippen LogP) is 5.90. The Hall–Kier alpha value is -5.03. The van der Waals surface area contributed by atoms with E-state index in [0.717, 1.165) is 22.1 Å². The molecule has 0 amide bonds. The molecule has 0 aromatic heterocycles. The van der Waals surface area contributed by atoms with Gasteiger partial charge in [-0.25, -0.2) is 0 Å². The molecule has 3 N–H and O–H groups in total. The van der Waals surface area contributed by atoms with E-state index in [1.165, 1.54) is 13.2 Å². The van der Waals surface area contributed by atoms with Crippen molar-refractivity contribution in [1.82, 2.24) is 10.4 Å². The summed E-state index contributed by atoms with van der Waals surface area (Å²) >= 11 is 5.96. The van der Waals surface area contributed by atoms with Crippen LogP contribution in [-0.4, -0.2) is 57.9 Å². The number of phenolic OH excluding ortho intramolecular Hbond substituents is 1. The number of hydrazine groups is 1. The number of nitrogens with one attached hydrogen (secondary N) is 2. The number of methoxy groups -OCH3 is 6. The van der Waals surface area contributed by atoms with Gasteiger partial charge in [0.2, 0.25) is 5.75 Å². The van der Waals surface area contributed by atoms with Crippen molar-refractivity contribution in [3.05, 3.63) is 77.9 Å². The third-order valence-electron chi connectivity index (χ3n) is 7.23. The first-order valence-electron chi connectivity index (χ1n) is 13.3. The zero-order valence-corrected chi connectivity index (χ0v) is 25.5. The molecule has 10 nitrogen and oxygen atoms in total. The van der Waals surface area contributed by atoms with Crippen LogP contribution >= 0.6 is 12.2 Å². The molecule has 0 bridgehead atoms. The molecule has 0 saturated heterocycles. The van der Waals surface area contributed by atoms with Crippen LogP contribution in [0.1, 0.15) is 17.2 Å². The Bertz CT molecular complexity index is 1680. The summed E-state index contributed by atoms with van der Waals surface area (Å²) < 4.78 is 33.0. The van der Waals surface area contributed by atoms with Crippen LogP contribution in [0.4, 0.5) is 5.69 Å². The number of fused-ring (bicyclic) bond motifs is 1. The molecule has 1 aliphatic rings. The van der Waals surface area contributed by atoms with Gasteiger partial charge in [-0.2, -0.15) is 0 Å². The third kappa shape index (κ3) is 5.46. The summed E-state index contributed by atoms with van der Waals surface area (Å²) in [6.45, 7) is 0. The van der Waals surface area contributed by atoms with Crippen molar-refractivity contribution >= 4 is 39.5 Å². The lowest BCUT2D eigenvalue weighted by Crippen LogP contribution is -2.42. The topological polar surface area (TPSA) is 103 Å². The quantitative estimate of drug-likeness (QED) is 0.199. The van der Waals surface area contributed by atoms with E-state index in [0.29, 0.717) is 50.8 Å². The van der Waals surface area contributed by atoms with Gasteiger partial charge in [-0.3, -0.25) is 10.4 Å². The minimum Gasteiger partial charge on any atom is -0.507 e. The van der Waals surface area contributed by atoms with Gasteiger partial charge < -0.3 is 38.8 Å². The highest BCUT2D eigenvalue weighted by Gasteiger charge is 2.32. The van der Waals surface area contributed by atoms with Gasteiger partial charge in [-0.15, -0.1) is 0 Å². The van der Waals surface area contributed by atoms with Gasteiger partial charge in [0.1, 0.15) is 11.5 Å². The molecule has 5 rings (SSSR count). The van der Waals surface area contributed by atoms with Crippen LogP contribution in [0, 0.1) is 0 Å². The third-order valence-corrected chi connectivity index (χ3v) is 7.53. The van der Waals surface area contributed by atoms with Crippen LogP contribution < -0.4 is 39.2 Å². The fraction of sp³-hybridized carbons (Fsp3) is 0.219. The van der Waals surface area contributed by atoms with Crippen molar-refractivity contribution in [1.29, 1.82) is 0 Å². The lowest BCUT2D eigenvalue weighted by atomic mass is 9.97. The maximum Gasteiger partial charge on any atom is 0.203 e. The minimum absolute atomic E-state index is 0.0140. The molecule has 0 radical (unpaired) electrons. The number of hydrogen-bond acceptors (Lipinski definition) is 9. The summed E-state index contributed by atoms with van der Waals surface area (Å²) in [7, 11) is 9.37. The Balaban J connectivity index is 1.60. The number of benzene rings is 4. The van der Waals surface area contributed by atoms with Crippen LogP contribution in [0.15, 0.2) is 66.7 Å². The second kappa shape index (κ2) is 12.5. The lowest BCUT2D eigenvalue weighted by Gasteiger charge is -2.29. The average Bonchev–Trinajstić information content (AvgIpc) is 3.48. The highest BCUT2D eigenvalue weighted by atomic mass is 32.1. The van der Waals surface area contributed by atoms with Crippen LogP contribution in [0.2, 0.25) is 0 Å². The van der Waals surface area contributed by atoms with Crippen molar-refractivity contribution < 1.29 is 33.5 Å². The van der Waals surface area contributed by atoms with Gasteiger partial charge in [-0.05, 0) is 41.4 Å². The smallest absolute Gasteiger partial charge is 0.203 e. The molecular formula is C32H33N3O7S. The lowest BCUT2D eigenvalue weighted by molar-refractivity contribution is 0.324. The highest BCUT2D eigenvalue weighted by Crippen LogP contribution is 2.43. The van der Waals surface area contributed by atoms with Crippen molar-refractivity contribution in [3.8, 4) is 40.2 Å². The van der Waals surface area contributed by atoms with Gasteiger partial charge in [-0.1, -0.05) is 30.3 Å². The van der Waals surface area contributed by atoms with Crippen LogP contribution in [0.5, 0.6) is 40.2 Å². The summed E-state index contributed by atoms with van der Waals surface area (Å²) in [6.07, 6.45) is 2.00. The molecule has 0 spiro atoms. The maximum absolute atomic E-state index is 11.0. The van der Waals surface area contributed by atoms with E-state index in [9.17, 15) is 5.11 Å². The first kappa shape index (κ1) is 29.5. The zero-order chi connectivity index (χ0) is 30.7. The number of nitrogens with zero attached hydrogens (tertiary/aromatic N) is 1. The first-order valence-corrected chi connectivity index (χ1v) is 13.7. The molecule has 0 saturated carbocycles. The molecule has 224 valence electrons. The standard InChI is InChI=1S/C32H33N3O7S/c1-37-26-12-11-20(19-9-7-8-10-21(19)26)24-16-23(22-15-27(38-2)28(39-3)17-25(22)36)34-35(24)32(43)33-18-13-29(40-4)31(42-6)30(14-18)41-5/h7-17,24,34,36H,1-6H3,(H,33,43). The molecule has 1 aliphatic heterocycles. The molecule has 43 heavy (non-hydrogen) atoms. The van der Waals surface area contributed by atoms with Gasteiger partial charge in [0.05, 0.1) is 54.4 Å². The number of hydrogen-bond donors (Lipinski definition) is 3. The Morgan fingerprint density at radius 1 is 0.744 bits per heavy atom. The molecule has 11 heteroatoms. The van der Waals surface area contributed by atoms with Gasteiger partial charge in [0.25, 0.3) is 0 Å². The number of rotatable bonds is 9. The minimum atomic E-state index is -0.389. The van der Waals surface area contributed by atoms with E-state index in [1.54, 1.807) is 53.7 Å². The molecule has 0 fully saturated rings. The summed E-state index contributed by atoms with van der Waals surface area (Å²) in [6, 6.07) is 18.4. The van der Waals surface area contributed by atoms with E-state index in [2.05, 4.69) is 10.7 Å². The molecule has 0 aliphatic carbocycles. The van der Waals surface area contributed by atoms with Crippen LogP contribution in [0.25, 0.3) is 16.5 Å². The highest BCUT2D eigenvalue weighted by molar-refractivity contribution is 7.80. The van der Waals surface area contributed by atoms with Gasteiger partial charge in [0, 0.05) is 34.8 Å². The fourth-order valence-corrected chi connectivity index (χ4v) is 5.45. The van der Waals surface area contributed by atoms with Crippen LogP contribution in [0.3, 0.4) is 0 Å². The Morgan fingerprint density at radius 2 is 1.35 bits per heavy atom. The number of aromatic hydroxyl groups is 1. The largest absolute Gasteiger partial charge is 0.507 e. The first-order chi connectivity index (χ1) is 20.9. The van der Waals surface area contributed by atoms with E-state index in [4.69, 9.17) is 40.6 Å². The fourth-order valence-electron chi connectivity index (χ4n) is 5.18. The second-order valence-electron chi connectivity index (χ2n) is 9.48. The summed E-state index contributed by atoms with van der Waals surface area (Å²) in [4.78, 5) is 0. The number of phenols is 1. The molecular weight excluding hydrogens is 570 g/mol. The van der Waals surface area contributed by atoms with E-state index in [-0.39, 0.29) is 11.8 Å². The van der Waals surface area contributed by atoms with Crippen LogP contribution in [-0.2, 0) is 0 Å². The van der Waals surface area contributed by atoms with E-state index >= 15 is 0 Å². The van der Waals surface area contributed by atoms with Gasteiger partial charge in [0.15, 0.2) is 28.1 Å². The monoisotopic (exact) mass is 603 g/mol. The Morgan fingerprint density at radius 3 is 1.95 bits per heavy atom. The van der Waals surface area contributed by atoms with Crippen molar-refractivity contribution in [2.75, 3.05) is 48.0 Å². The molecule has 1 atom stereocenters. The van der Waals surface area contributed by atoms with E-state index in [1.807, 2.05) is 47.5 Å². The predicted molar refractivity (Wildman–Crippen MR) is 170 cm³/mol. The molecule has 1 unspecified atom stereocenters. The van der Waals surface area contributed by atoms with E-state index < -0.39 is 0 Å². The SMILES string of the molecule is COc1cc(O)c(C2=CC(c3ccc(OC)c4ccccc34)N(C(=S)Nc3cc(OC)c(OC)c(OC)c3)N2)cc1OC. The zero-order valence-electron chi connectivity index (χ0n) is 24.7. The number of thiocarbonyl (C=S) groups is 1. The number of anilines is 1.